The molecule has 0 unspecified atom stereocenters. The molecule has 5 rings (SSSR count). The number of hydrogen-bond donors (Lipinski definition) is 1. The van der Waals surface area contributed by atoms with Crippen molar-refractivity contribution in [2.45, 2.75) is 64.5 Å². The Balaban J connectivity index is 1.34. The number of carbonyl (C=O) groups excluding carboxylic acids is 1. The number of unbranched alkanes of at least 4 members (excludes halogenated alkanes) is 1. The predicted molar refractivity (Wildman–Crippen MR) is 122 cm³/mol. The average molecular weight is 434 g/mol. The number of aromatic nitrogens is 4. The standard InChI is InChI=1S/C25H31N5O2/c1-3-4-10-32-20-12-17-7-8-18(13-20)22(17)29-25(31)23-24-28-21(19-6-5-9-26-14-19)11-16(2)30(24)15-27-23/h5-6,9,11,14-15,17-18,20,22H,3-4,7-8,10,12-13H2,1-2H3,(H,29,31)/t17-,18+,20+,22+. The highest BCUT2D eigenvalue weighted by molar-refractivity contribution is 5.98. The van der Waals surface area contributed by atoms with Gasteiger partial charge in [0.2, 0.25) is 0 Å². The van der Waals surface area contributed by atoms with Gasteiger partial charge in [-0.2, -0.15) is 0 Å². The van der Waals surface area contributed by atoms with E-state index in [1.807, 2.05) is 29.5 Å². The van der Waals surface area contributed by atoms with Gasteiger partial charge in [0.1, 0.15) is 6.33 Å². The Morgan fingerprint density at radius 1 is 1.28 bits per heavy atom. The van der Waals surface area contributed by atoms with E-state index in [-0.39, 0.29) is 11.9 Å². The van der Waals surface area contributed by atoms with Crippen LogP contribution in [0, 0.1) is 18.8 Å². The molecule has 7 nitrogen and oxygen atoms in total. The van der Waals surface area contributed by atoms with E-state index in [1.165, 1.54) is 0 Å². The van der Waals surface area contributed by atoms with Gasteiger partial charge in [0.05, 0.1) is 11.8 Å². The normalized spacial score (nSPS) is 24.7. The molecule has 32 heavy (non-hydrogen) atoms. The molecule has 1 amide bonds. The smallest absolute Gasteiger partial charge is 0.274 e. The second kappa shape index (κ2) is 8.98. The average Bonchev–Trinajstić information content (AvgIpc) is 3.33. The third-order valence-electron chi connectivity index (χ3n) is 7.07. The molecule has 0 aliphatic heterocycles. The number of hydrogen-bond acceptors (Lipinski definition) is 5. The van der Waals surface area contributed by atoms with Gasteiger partial charge in [0.25, 0.3) is 5.91 Å². The number of fused-ring (bicyclic) bond motifs is 3. The summed E-state index contributed by atoms with van der Waals surface area (Å²) in [6.07, 6.45) is 12.2. The number of rotatable bonds is 7. The quantitative estimate of drug-likeness (QED) is 0.565. The molecule has 0 saturated heterocycles. The first-order valence-electron chi connectivity index (χ1n) is 11.8. The topological polar surface area (TPSA) is 81.4 Å². The van der Waals surface area contributed by atoms with Crippen LogP contribution < -0.4 is 5.32 Å². The summed E-state index contributed by atoms with van der Waals surface area (Å²) in [6.45, 7) is 5.04. The Morgan fingerprint density at radius 2 is 2.09 bits per heavy atom. The number of nitrogens with one attached hydrogen (secondary N) is 1. The summed E-state index contributed by atoms with van der Waals surface area (Å²) in [5.74, 6) is 0.840. The maximum atomic E-state index is 13.3. The summed E-state index contributed by atoms with van der Waals surface area (Å²) >= 11 is 0. The predicted octanol–water partition coefficient (Wildman–Crippen LogP) is 4.20. The minimum absolute atomic E-state index is 0.130. The summed E-state index contributed by atoms with van der Waals surface area (Å²) in [6, 6.07) is 6.06. The first-order valence-corrected chi connectivity index (χ1v) is 11.8. The van der Waals surface area contributed by atoms with E-state index in [9.17, 15) is 4.79 Å². The number of nitrogens with zero attached hydrogens (tertiary/aromatic N) is 4. The second-order valence-corrected chi connectivity index (χ2v) is 9.23. The zero-order valence-electron chi connectivity index (χ0n) is 18.8. The number of pyridine rings is 1. The van der Waals surface area contributed by atoms with Crippen LogP contribution in [-0.2, 0) is 4.74 Å². The first kappa shape index (κ1) is 21.1. The molecule has 3 aromatic rings. The molecular weight excluding hydrogens is 402 g/mol. The third kappa shape index (κ3) is 4.01. The summed E-state index contributed by atoms with van der Waals surface area (Å²) < 4.78 is 7.99. The Morgan fingerprint density at radius 3 is 2.81 bits per heavy atom. The molecule has 4 atom stereocenters. The molecule has 2 aliphatic rings. The molecule has 7 heteroatoms. The van der Waals surface area contributed by atoms with Crippen LogP contribution in [0.4, 0.5) is 0 Å². The van der Waals surface area contributed by atoms with Crippen molar-refractivity contribution in [3.05, 3.63) is 48.3 Å². The number of carbonyl (C=O) groups is 1. The van der Waals surface area contributed by atoms with Gasteiger partial charge in [0.15, 0.2) is 11.3 Å². The second-order valence-electron chi connectivity index (χ2n) is 9.23. The van der Waals surface area contributed by atoms with Crippen molar-refractivity contribution in [3.8, 4) is 11.3 Å². The van der Waals surface area contributed by atoms with Crippen LogP contribution in [-0.4, -0.2) is 44.0 Å². The molecule has 2 saturated carbocycles. The Bertz CT molecular complexity index is 1080. The Hall–Kier alpha value is -2.80. The van der Waals surface area contributed by atoms with Crippen molar-refractivity contribution in [1.82, 2.24) is 24.7 Å². The van der Waals surface area contributed by atoms with Crippen molar-refractivity contribution < 1.29 is 9.53 Å². The van der Waals surface area contributed by atoms with E-state index in [0.717, 1.165) is 62.1 Å². The lowest BCUT2D eigenvalue weighted by Crippen LogP contribution is -2.46. The molecule has 2 aliphatic carbocycles. The lowest BCUT2D eigenvalue weighted by molar-refractivity contribution is -0.00121. The lowest BCUT2D eigenvalue weighted by Gasteiger charge is -2.35. The minimum Gasteiger partial charge on any atom is -0.378 e. The number of amides is 1. The van der Waals surface area contributed by atoms with Crippen molar-refractivity contribution >= 4 is 11.6 Å². The van der Waals surface area contributed by atoms with Crippen LogP contribution in [0.5, 0.6) is 0 Å². The summed E-state index contributed by atoms with van der Waals surface area (Å²) in [5, 5.41) is 3.32. The monoisotopic (exact) mass is 433 g/mol. The fraction of sp³-hybridized carbons (Fsp3) is 0.520. The van der Waals surface area contributed by atoms with Crippen molar-refractivity contribution in [2.24, 2.45) is 11.8 Å². The molecular formula is C25H31N5O2. The summed E-state index contributed by atoms with van der Waals surface area (Å²) in [4.78, 5) is 26.7. The maximum Gasteiger partial charge on any atom is 0.274 e. The van der Waals surface area contributed by atoms with Gasteiger partial charge in [-0.1, -0.05) is 13.3 Å². The van der Waals surface area contributed by atoms with Crippen molar-refractivity contribution in [2.75, 3.05) is 6.61 Å². The van der Waals surface area contributed by atoms with E-state index < -0.39 is 0 Å². The van der Waals surface area contributed by atoms with Crippen LogP contribution in [0.3, 0.4) is 0 Å². The molecule has 0 spiro atoms. The zero-order chi connectivity index (χ0) is 22.1. The van der Waals surface area contributed by atoms with E-state index in [0.29, 0.717) is 29.3 Å². The number of ether oxygens (including phenoxy) is 1. The van der Waals surface area contributed by atoms with Gasteiger partial charge in [-0.05, 0) is 69.1 Å². The van der Waals surface area contributed by atoms with E-state index >= 15 is 0 Å². The van der Waals surface area contributed by atoms with E-state index in [2.05, 4.69) is 22.2 Å². The minimum atomic E-state index is -0.130. The van der Waals surface area contributed by atoms with E-state index in [1.54, 1.807) is 18.7 Å². The van der Waals surface area contributed by atoms with Gasteiger partial charge < -0.3 is 10.1 Å². The van der Waals surface area contributed by atoms with Gasteiger partial charge in [0, 0.05) is 36.3 Å². The molecule has 168 valence electrons. The SMILES string of the molecule is CCCCO[C@H]1C[C@H]2CC[C@@H](C1)[C@H]2NC(=O)c1ncn2c(C)cc(-c3cccnc3)nc12. The molecule has 2 bridgehead atoms. The largest absolute Gasteiger partial charge is 0.378 e. The van der Waals surface area contributed by atoms with Crippen LogP contribution >= 0.6 is 0 Å². The van der Waals surface area contributed by atoms with Crippen LogP contribution in [0.2, 0.25) is 0 Å². The molecule has 0 radical (unpaired) electrons. The first-order chi connectivity index (χ1) is 15.6. The summed E-state index contributed by atoms with van der Waals surface area (Å²) in [5.41, 5.74) is 3.67. The molecule has 3 heterocycles. The number of aryl methyl sites for hydroxylation is 1. The Kier molecular flexibility index (Phi) is 5.91. The van der Waals surface area contributed by atoms with Crippen molar-refractivity contribution in [1.29, 1.82) is 0 Å². The van der Waals surface area contributed by atoms with E-state index in [4.69, 9.17) is 9.72 Å². The van der Waals surface area contributed by atoms with Gasteiger partial charge in [-0.15, -0.1) is 0 Å². The highest BCUT2D eigenvalue weighted by Gasteiger charge is 2.44. The van der Waals surface area contributed by atoms with Gasteiger partial charge in [-0.25, -0.2) is 9.97 Å². The van der Waals surface area contributed by atoms with Crippen LogP contribution in [0.25, 0.3) is 16.9 Å². The molecule has 1 N–H and O–H groups in total. The number of imidazole rings is 1. The Labute approximate surface area is 188 Å². The third-order valence-corrected chi connectivity index (χ3v) is 7.07. The molecule has 3 aromatic heterocycles. The fourth-order valence-corrected chi connectivity index (χ4v) is 5.40. The fourth-order valence-electron chi connectivity index (χ4n) is 5.40. The molecule has 0 aromatic carbocycles. The molecule has 2 fully saturated rings. The maximum absolute atomic E-state index is 13.3. The van der Waals surface area contributed by atoms with Gasteiger partial charge >= 0.3 is 0 Å². The zero-order valence-corrected chi connectivity index (χ0v) is 18.8. The van der Waals surface area contributed by atoms with Crippen LogP contribution in [0.1, 0.15) is 61.6 Å². The van der Waals surface area contributed by atoms with Crippen LogP contribution in [0.15, 0.2) is 36.9 Å². The highest BCUT2D eigenvalue weighted by Crippen LogP contribution is 2.43. The highest BCUT2D eigenvalue weighted by atomic mass is 16.5. The van der Waals surface area contributed by atoms with Crippen molar-refractivity contribution in [3.63, 3.8) is 0 Å². The van der Waals surface area contributed by atoms with Gasteiger partial charge in [-0.3, -0.25) is 14.2 Å². The lowest BCUT2D eigenvalue weighted by atomic mass is 9.82. The summed E-state index contributed by atoms with van der Waals surface area (Å²) in [7, 11) is 0.